The van der Waals surface area contributed by atoms with E-state index >= 15 is 0 Å². The van der Waals surface area contributed by atoms with Crippen LogP contribution in [0.25, 0.3) is 0 Å². The number of morpholine rings is 1. The second-order valence-corrected chi connectivity index (χ2v) is 8.00. The Kier molecular flexibility index (Phi) is 3.97. The maximum atomic E-state index is 13.3. The smallest absolute Gasteiger partial charge is 0.257 e. The Bertz CT molecular complexity index is 900. The summed E-state index contributed by atoms with van der Waals surface area (Å²) in [5.74, 6) is 0.717. The molecule has 0 amide bonds. The number of benzene rings is 1. The van der Waals surface area contributed by atoms with Crippen LogP contribution in [-0.2, 0) is 21.2 Å². The van der Waals surface area contributed by atoms with Gasteiger partial charge in [0.1, 0.15) is 17.7 Å². The molecule has 0 saturated carbocycles. The number of aromatic nitrogens is 2. The van der Waals surface area contributed by atoms with Gasteiger partial charge in [-0.25, -0.2) is 12.8 Å². The van der Waals surface area contributed by atoms with E-state index < -0.39 is 22.2 Å². The average molecular weight is 369 g/mol. The van der Waals surface area contributed by atoms with E-state index in [2.05, 4.69) is 10.2 Å². The number of hydrogen-bond acceptors (Lipinski definition) is 7. The van der Waals surface area contributed by atoms with Crippen molar-refractivity contribution >= 4 is 10.0 Å². The Labute approximate surface area is 143 Å². The fourth-order valence-corrected chi connectivity index (χ4v) is 3.75. The lowest BCUT2D eigenvalue weighted by molar-refractivity contribution is -0.0184. The Morgan fingerprint density at radius 2 is 2.00 bits per heavy atom. The van der Waals surface area contributed by atoms with Crippen LogP contribution in [0.3, 0.4) is 0 Å². The Balaban J connectivity index is 1.50. The van der Waals surface area contributed by atoms with Crippen molar-refractivity contribution in [1.82, 2.24) is 14.5 Å². The van der Waals surface area contributed by atoms with Gasteiger partial charge in [-0.1, -0.05) is 0 Å². The molecule has 10 heteroatoms. The molecule has 2 aliphatic heterocycles. The summed E-state index contributed by atoms with van der Waals surface area (Å²) >= 11 is 0. The summed E-state index contributed by atoms with van der Waals surface area (Å²) in [6, 6.07) is 4.31. The SMILES string of the molecule is CS(=O)(=O)N1CCO[C@H](c2nnc([C@H]3Cc4cc(F)ccc4O3)o2)C1. The minimum atomic E-state index is -3.31. The van der Waals surface area contributed by atoms with Gasteiger partial charge in [0.2, 0.25) is 15.9 Å². The molecule has 4 rings (SSSR count). The lowest BCUT2D eigenvalue weighted by atomic mass is 10.1. The number of nitrogens with zero attached hydrogens (tertiary/aromatic N) is 3. The van der Waals surface area contributed by atoms with Crippen molar-refractivity contribution in [3.05, 3.63) is 41.4 Å². The lowest BCUT2D eigenvalue weighted by Gasteiger charge is -2.29. The van der Waals surface area contributed by atoms with Crippen LogP contribution < -0.4 is 4.74 Å². The molecule has 1 fully saturated rings. The number of rotatable bonds is 3. The third kappa shape index (κ3) is 3.24. The molecular formula is C15H16FN3O5S. The third-order valence-electron chi connectivity index (χ3n) is 4.20. The van der Waals surface area contributed by atoms with Gasteiger partial charge in [-0.3, -0.25) is 0 Å². The van der Waals surface area contributed by atoms with Gasteiger partial charge < -0.3 is 13.9 Å². The van der Waals surface area contributed by atoms with Crippen LogP contribution in [0.15, 0.2) is 22.6 Å². The standard InChI is InChI=1S/C15H16FN3O5S/c1-25(20,21)19-4-5-22-13(8-19)15-18-17-14(24-15)12-7-9-6-10(16)2-3-11(9)23-12/h2-3,6,12-13H,4-5,7-8H2,1H3/t12-,13+/m1/s1. The molecule has 8 nitrogen and oxygen atoms in total. The Morgan fingerprint density at radius 3 is 2.76 bits per heavy atom. The number of hydrogen-bond donors (Lipinski definition) is 0. The van der Waals surface area contributed by atoms with E-state index in [1.807, 2.05) is 0 Å². The number of fused-ring (bicyclic) bond motifs is 1. The Morgan fingerprint density at radius 1 is 1.24 bits per heavy atom. The molecule has 2 atom stereocenters. The van der Waals surface area contributed by atoms with Crippen molar-refractivity contribution in [2.45, 2.75) is 18.6 Å². The topological polar surface area (TPSA) is 94.8 Å². The van der Waals surface area contributed by atoms with Gasteiger partial charge in [-0.2, -0.15) is 4.31 Å². The molecule has 3 heterocycles. The van der Waals surface area contributed by atoms with Gasteiger partial charge in [-0.05, 0) is 18.2 Å². The van der Waals surface area contributed by atoms with Crippen molar-refractivity contribution in [1.29, 1.82) is 0 Å². The summed E-state index contributed by atoms with van der Waals surface area (Å²) in [6.45, 7) is 0.667. The average Bonchev–Trinajstić information content (AvgIpc) is 3.20. The quantitative estimate of drug-likeness (QED) is 0.803. The monoisotopic (exact) mass is 369 g/mol. The van der Waals surface area contributed by atoms with Gasteiger partial charge in [0.15, 0.2) is 6.10 Å². The van der Waals surface area contributed by atoms with E-state index in [-0.39, 0.29) is 30.8 Å². The maximum Gasteiger partial charge on any atom is 0.257 e. The highest BCUT2D eigenvalue weighted by Gasteiger charge is 2.34. The summed E-state index contributed by atoms with van der Waals surface area (Å²) in [5.41, 5.74) is 0.738. The normalized spacial score (nSPS) is 24.1. The molecule has 1 aromatic heterocycles. The predicted molar refractivity (Wildman–Crippen MR) is 82.9 cm³/mol. The molecule has 0 spiro atoms. The van der Waals surface area contributed by atoms with Gasteiger partial charge in [0, 0.05) is 25.1 Å². The maximum absolute atomic E-state index is 13.3. The van der Waals surface area contributed by atoms with Crippen molar-refractivity contribution in [3.8, 4) is 5.75 Å². The van der Waals surface area contributed by atoms with Crippen LogP contribution >= 0.6 is 0 Å². The fraction of sp³-hybridized carbons (Fsp3) is 0.467. The van der Waals surface area contributed by atoms with Crippen LogP contribution in [0.5, 0.6) is 5.75 Å². The molecule has 2 aromatic rings. The van der Waals surface area contributed by atoms with Gasteiger partial charge in [-0.15, -0.1) is 10.2 Å². The first-order valence-corrected chi connectivity index (χ1v) is 9.60. The largest absolute Gasteiger partial charge is 0.480 e. The first-order chi connectivity index (χ1) is 11.9. The molecular weight excluding hydrogens is 353 g/mol. The second kappa shape index (κ2) is 6.04. The van der Waals surface area contributed by atoms with E-state index in [9.17, 15) is 12.8 Å². The number of sulfonamides is 1. The zero-order valence-electron chi connectivity index (χ0n) is 13.4. The minimum Gasteiger partial charge on any atom is -0.480 e. The highest BCUT2D eigenvalue weighted by Crippen LogP contribution is 2.37. The summed E-state index contributed by atoms with van der Waals surface area (Å²) in [4.78, 5) is 0. The molecule has 1 aromatic carbocycles. The van der Waals surface area contributed by atoms with Crippen molar-refractivity contribution < 1.29 is 26.7 Å². The minimum absolute atomic E-state index is 0.122. The fourth-order valence-electron chi connectivity index (χ4n) is 2.94. The van der Waals surface area contributed by atoms with Crippen LogP contribution in [0.2, 0.25) is 0 Å². The van der Waals surface area contributed by atoms with Crippen LogP contribution in [0, 0.1) is 5.82 Å². The number of halogens is 1. The molecule has 0 bridgehead atoms. The molecule has 1 saturated heterocycles. The molecule has 0 radical (unpaired) electrons. The van der Waals surface area contributed by atoms with Crippen LogP contribution in [0.4, 0.5) is 4.39 Å². The molecule has 134 valence electrons. The van der Waals surface area contributed by atoms with E-state index in [0.717, 1.165) is 11.8 Å². The van der Waals surface area contributed by atoms with Crippen molar-refractivity contribution in [2.75, 3.05) is 26.0 Å². The first-order valence-electron chi connectivity index (χ1n) is 7.75. The van der Waals surface area contributed by atoms with E-state index in [1.165, 1.54) is 16.4 Å². The highest BCUT2D eigenvalue weighted by molar-refractivity contribution is 7.88. The molecule has 25 heavy (non-hydrogen) atoms. The lowest BCUT2D eigenvalue weighted by Crippen LogP contribution is -2.41. The van der Waals surface area contributed by atoms with Crippen molar-refractivity contribution in [2.24, 2.45) is 0 Å². The van der Waals surface area contributed by atoms with E-state index in [0.29, 0.717) is 18.7 Å². The highest BCUT2D eigenvalue weighted by atomic mass is 32.2. The van der Waals surface area contributed by atoms with Crippen LogP contribution in [-0.4, -0.2) is 48.9 Å². The third-order valence-corrected chi connectivity index (χ3v) is 5.47. The van der Waals surface area contributed by atoms with Gasteiger partial charge in [0.25, 0.3) is 5.89 Å². The zero-order chi connectivity index (χ0) is 17.6. The van der Waals surface area contributed by atoms with Gasteiger partial charge in [0.05, 0.1) is 12.9 Å². The summed E-state index contributed by atoms with van der Waals surface area (Å²) in [7, 11) is -3.31. The number of ether oxygens (including phenoxy) is 2. The van der Waals surface area contributed by atoms with Crippen molar-refractivity contribution in [3.63, 3.8) is 0 Å². The Hall–Kier alpha value is -2.04. The molecule has 2 aliphatic rings. The second-order valence-electron chi connectivity index (χ2n) is 6.02. The first kappa shape index (κ1) is 16.4. The zero-order valence-corrected chi connectivity index (χ0v) is 14.2. The summed E-state index contributed by atoms with van der Waals surface area (Å²) in [5, 5.41) is 7.95. The summed E-state index contributed by atoms with van der Waals surface area (Å²) < 4.78 is 54.9. The molecule has 0 N–H and O–H groups in total. The summed E-state index contributed by atoms with van der Waals surface area (Å²) in [6.07, 6.45) is 0.464. The molecule has 0 aliphatic carbocycles. The van der Waals surface area contributed by atoms with Crippen LogP contribution in [0.1, 0.15) is 29.6 Å². The van der Waals surface area contributed by atoms with Gasteiger partial charge >= 0.3 is 0 Å². The van der Waals surface area contributed by atoms with E-state index in [1.54, 1.807) is 6.07 Å². The molecule has 0 unspecified atom stereocenters. The van der Waals surface area contributed by atoms with E-state index in [4.69, 9.17) is 13.9 Å². The predicted octanol–water partition coefficient (Wildman–Crippen LogP) is 1.22.